The van der Waals surface area contributed by atoms with E-state index in [1.54, 1.807) is 13.8 Å². The van der Waals surface area contributed by atoms with Crippen molar-refractivity contribution in [3.05, 3.63) is 0 Å². The lowest BCUT2D eigenvalue weighted by Gasteiger charge is -2.23. The molecule has 0 rings (SSSR count). The number of hydrogen-bond acceptors (Lipinski definition) is 5. The van der Waals surface area contributed by atoms with Crippen molar-refractivity contribution in [1.29, 1.82) is 0 Å². The zero-order valence-electron chi connectivity index (χ0n) is 10.7. The third-order valence-corrected chi connectivity index (χ3v) is 5.41. The van der Waals surface area contributed by atoms with E-state index in [1.165, 1.54) is 0 Å². The summed E-state index contributed by atoms with van der Waals surface area (Å²) < 4.78 is 28.2. The molecule has 0 aromatic rings. The predicted molar refractivity (Wildman–Crippen MR) is 78.6 cm³/mol. The number of aliphatic hydroxyl groups excluding tert-OH is 1. The maximum atomic E-state index is 12.3. The number of phosphoric ester groups is 1. The van der Waals surface area contributed by atoms with Crippen LogP contribution in [0.15, 0.2) is 0 Å². The summed E-state index contributed by atoms with van der Waals surface area (Å²) >= 11 is 6.49. The highest BCUT2D eigenvalue weighted by atomic mass is 79.9. The lowest BCUT2D eigenvalue weighted by Crippen LogP contribution is -2.16. The average molecular weight is 412 g/mol. The van der Waals surface area contributed by atoms with Crippen molar-refractivity contribution >= 4 is 39.7 Å². The summed E-state index contributed by atoms with van der Waals surface area (Å²) in [7, 11) is -3.55. The molecule has 2 atom stereocenters. The van der Waals surface area contributed by atoms with Crippen LogP contribution in [-0.2, 0) is 18.1 Å². The topological polar surface area (TPSA) is 65.0 Å². The van der Waals surface area contributed by atoms with E-state index in [-0.39, 0.29) is 25.4 Å². The van der Waals surface area contributed by atoms with Gasteiger partial charge in [-0.3, -0.25) is 13.6 Å². The third kappa shape index (κ3) is 9.02. The second-order valence-corrected chi connectivity index (χ2v) is 6.72. The van der Waals surface area contributed by atoms with E-state index < -0.39 is 7.82 Å². The van der Waals surface area contributed by atoms with Gasteiger partial charge in [-0.2, -0.15) is 0 Å². The van der Waals surface area contributed by atoms with Gasteiger partial charge >= 0.3 is 7.82 Å². The lowest BCUT2D eigenvalue weighted by atomic mass is 10.3. The molecule has 0 aliphatic carbocycles. The Kier molecular flexibility index (Phi) is 11.4. The van der Waals surface area contributed by atoms with Gasteiger partial charge in [0.15, 0.2) is 0 Å². The van der Waals surface area contributed by atoms with Gasteiger partial charge in [0.05, 0.1) is 18.8 Å². The highest BCUT2D eigenvalue weighted by Gasteiger charge is 2.31. The summed E-state index contributed by atoms with van der Waals surface area (Å²) in [5.74, 6) is 0. The molecule has 0 aliphatic heterocycles. The average Bonchev–Trinajstić information content (AvgIpc) is 2.34. The van der Waals surface area contributed by atoms with Gasteiger partial charge in [-0.25, -0.2) is 4.57 Å². The molecule has 0 fully saturated rings. The lowest BCUT2D eigenvalue weighted by molar-refractivity contribution is 0.0733. The van der Waals surface area contributed by atoms with Crippen LogP contribution < -0.4 is 0 Å². The molecule has 0 aliphatic rings. The van der Waals surface area contributed by atoms with Gasteiger partial charge in [-0.1, -0.05) is 31.9 Å². The van der Waals surface area contributed by atoms with Crippen molar-refractivity contribution in [3.8, 4) is 0 Å². The minimum atomic E-state index is -3.55. The molecule has 2 unspecified atom stereocenters. The Balaban J connectivity index is 4.34. The van der Waals surface area contributed by atoms with E-state index in [4.69, 9.17) is 18.7 Å². The molecule has 8 heteroatoms. The fraction of sp³-hybridized carbons (Fsp3) is 1.00. The molecule has 0 bridgehead atoms. The van der Waals surface area contributed by atoms with Gasteiger partial charge in [-0.15, -0.1) is 0 Å². The molecule has 0 saturated carbocycles. The molecule has 18 heavy (non-hydrogen) atoms. The van der Waals surface area contributed by atoms with Gasteiger partial charge in [0.25, 0.3) is 0 Å². The van der Waals surface area contributed by atoms with E-state index in [0.29, 0.717) is 23.5 Å². The zero-order chi connectivity index (χ0) is 14.0. The quantitative estimate of drug-likeness (QED) is 0.320. The van der Waals surface area contributed by atoms with Gasteiger partial charge in [-0.05, 0) is 26.7 Å². The minimum Gasteiger partial charge on any atom is -0.396 e. The minimum absolute atomic E-state index is 0.0883. The van der Waals surface area contributed by atoms with Gasteiger partial charge in [0.2, 0.25) is 0 Å². The molecule has 0 amide bonds. The third-order valence-electron chi connectivity index (χ3n) is 1.85. The van der Waals surface area contributed by atoms with Crippen molar-refractivity contribution in [2.75, 3.05) is 23.9 Å². The summed E-state index contributed by atoms with van der Waals surface area (Å²) in [6.45, 7) is 3.88. The van der Waals surface area contributed by atoms with Crippen LogP contribution in [0.1, 0.15) is 26.7 Å². The maximum Gasteiger partial charge on any atom is 0.475 e. The van der Waals surface area contributed by atoms with E-state index in [1.807, 2.05) is 0 Å². The highest BCUT2D eigenvalue weighted by Crippen LogP contribution is 2.52. The van der Waals surface area contributed by atoms with Crippen LogP contribution in [0.25, 0.3) is 0 Å². The number of halogens is 2. The predicted octanol–water partition coefficient (Wildman–Crippen LogP) is 3.48. The van der Waals surface area contributed by atoms with Crippen molar-refractivity contribution in [3.63, 3.8) is 0 Å². The molecule has 0 saturated heterocycles. The molecular weight excluding hydrogens is 391 g/mol. The van der Waals surface area contributed by atoms with Crippen molar-refractivity contribution in [2.45, 2.75) is 38.9 Å². The molecule has 0 spiro atoms. The van der Waals surface area contributed by atoms with Crippen molar-refractivity contribution < 1.29 is 23.2 Å². The Morgan fingerprint density at radius 1 is 1.11 bits per heavy atom. The number of rotatable bonds is 11. The summed E-state index contributed by atoms with van der Waals surface area (Å²) in [6, 6.07) is 0. The standard InChI is InChI=1S/C10H21Br2O5P/c1-9(7-11)16-18(14,17-10(2)8-12)15-6-4-3-5-13/h9-10,13H,3-8H2,1-2H3. The van der Waals surface area contributed by atoms with E-state index in [0.717, 1.165) is 0 Å². The van der Waals surface area contributed by atoms with E-state index >= 15 is 0 Å². The molecule has 0 aromatic heterocycles. The van der Waals surface area contributed by atoms with Gasteiger partial charge < -0.3 is 5.11 Å². The monoisotopic (exact) mass is 410 g/mol. The number of alkyl halides is 2. The first kappa shape index (κ1) is 19.0. The largest absolute Gasteiger partial charge is 0.475 e. The first-order chi connectivity index (χ1) is 8.47. The van der Waals surface area contributed by atoms with Crippen LogP contribution in [0.2, 0.25) is 0 Å². The van der Waals surface area contributed by atoms with E-state index in [2.05, 4.69) is 31.9 Å². The Bertz CT molecular complexity index is 238. The smallest absolute Gasteiger partial charge is 0.396 e. The van der Waals surface area contributed by atoms with Crippen LogP contribution in [0, 0.1) is 0 Å². The van der Waals surface area contributed by atoms with Crippen LogP contribution in [-0.4, -0.2) is 41.2 Å². The first-order valence-electron chi connectivity index (χ1n) is 5.81. The first-order valence-corrected chi connectivity index (χ1v) is 9.52. The Hall–Kier alpha value is 1.03. The fourth-order valence-electron chi connectivity index (χ4n) is 0.973. The molecule has 5 nitrogen and oxygen atoms in total. The molecular formula is C10H21Br2O5P. The normalized spacial score (nSPS) is 18.3. The van der Waals surface area contributed by atoms with E-state index in [9.17, 15) is 4.57 Å². The Morgan fingerprint density at radius 3 is 2.00 bits per heavy atom. The number of unbranched alkanes of at least 4 members (excludes halogenated alkanes) is 1. The Labute approximate surface area is 125 Å². The molecule has 0 radical (unpaired) electrons. The fourth-order valence-corrected chi connectivity index (χ4v) is 3.20. The molecule has 1 N–H and O–H groups in total. The summed E-state index contributed by atoms with van der Waals surface area (Å²) in [6.07, 6.45) is 0.674. The number of hydrogen-bond donors (Lipinski definition) is 1. The molecule has 110 valence electrons. The summed E-state index contributed by atoms with van der Waals surface area (Å²) in [4.78, 5) is 0. The number of phosphoric acid groups is 1. The summed E-state index contributed by atoms with van der Waals surface area (Å²) in [5.41, 5.74) is 0. The highest BCUT2D eigenvalue weighted by molar-refractivity contribution is 9.09. The Morgan fingerprint density at radius 2 is 1.61 bits per heavy atom. The number of aliphatic hydroxyl groups is 1. The SMILES string of the molecule is CC(CBr)OP(=O)(OCCCCO)OC(C)CBr. The zero-order valence-corrected chi connectivity index (χ0v) is 14.7. The van der Waals surface area contributed by atoms with Crippen LogP contribution in [0.3, 0.4) is 0 Å². The molecule has 0 aromatic carbocycles. The van der Waals surface area contributed by atoms with Crippen molar-refractivity contribution in [1.82, 2.24) is 0 Å². The summed E-state index contributed by atoms with van der Waals surface area (Å²) in [5, 5.41) is 9.75. The van der Waals surface area contributed by atoms with Crippen LogP contribution in [0.4, 0.5) is 0 Å². The van der Waals surface area contributed by atoms with Crippen LogP contribution in [0.5, 0.6) is 0 Å². The maximum absolute atomic E-state index is 12.3. The molecule has 0 heterocycles. The van der Waals surface area contributed by atoms with Crippen LogP contribution >= 0.6 is 39.7 Å². The van der Waals surface area contributed by atoms with Crippen molar-refractivity contribution in [2.24, 2.45) is 0 Å². The second-order valence-electron chi connectivity index (χ2n) is 3.85. The van der Waals surface area contributed by atoms with Gasteiger partial charge in [0, 0.05) is 17.3 Å². The second kappa shape index (κ2) is 10.8. The van der Waals surface area contributed by atoms with Gasteiger partial charge in [0.1, 0.15) is 0 Å².